The number of hydrogen-bond acceptors (Lipinski definition) is 8. The molecule has 1 fully saturated rings. The van der Waals surface area contributed by atoms with Crippen molar-refractivity contribution in [1.82, 2.24) is 25.1 Å². The van der Waals surface area contributed by atoms with Crippen LogP contribution in [0.2, 0.25) is 0 Å². The van der Waals surface area contributed by atoms with E-state index in [1.807, 2.05) is 18.2 Å². The summed E-state index contributed by atoms with van der Waals surface area (Å²) < 4.78 is 0. The third kappa shape index (κ3) is 4.57. The maximum absolute atomic E-state index is 9.03. The molecular weight excluding hydrogens is 392 g/mol. The van der Waals surface area contributed by atoms with Gasteiger partial charge < -0.3 is 15.7 Å². The molecule has 3 aromatic rings. The smallest absolute Gasteiger partial charge is 0.132 e. The van der Waals surface area contributed by atoms with E-state index in [4.69, 9.17) is 10.8 Å². The van der Waals surface area contributed by atoms with Gasteiger partial charge in [0.25, 0.3) is 0 Å². The van der Waals surface area contributed by atoms with E-state index < -0.39 is 0 Å². The second-order valence-corrected chi connectivity index (χ2v) is 7.51. The Kier molecular flexibility index (Phi) is 6.54. The Morgan fingerprint density at radius 3 is 2.81 bits per heavy atom. The van der Waals surface area contributed by atoms with Gasteiger partial charge in [-0.25, -0.2) is 9.97 Å². The number of anilines is 1. The number of aromatic nitrogens is 4. The lowest BCUT2D eigenvalue weighted by atomic mass is 10.0. The van der Waals surface area contributed by atoms with Crippen molar-refractivity contribution in [3.05, 3.63) is 42.4 Å². The topological polar surface area (TPSA) is 120 Å². The van der Waals surface area contributed by atoms with Crippen LogP contribution in [0, 0.1) is 0 Å². The minimum Gasteiger partial charge on any atom is -0.404 e. The number of aliphatic hydroxyl groups is 1. The molecule has 9 heteroatoms. The van der Waals surface area contributed by atoms with Gasteiger partial charge in [0, 0.05) is 75.8 Å². The molecule has 1 saturated heterocycles. The number of nitrogens with one attached hydrogen (secondary N) is 1. The molecule has 1 aliphatic rings. The highest BCUT2D eigenvalue weighted by molar-refractivity contribution is 6.11. The number of aliphatic hydroxyl groups excluding tert-OH is 1. The van der Waals surface area contributed by atoms with Gasteiger partial charge in [0.15, 0.2) is 0 Å². The van der Waals surface area contributed by atoms with E-state index in [0.29, 0.717) is 0 Å². The monoisotopic (exact) mass is 420 g/mol. The largest absolute Gasteiger partial charge is 0.404 e. The Labute approximate surface area is 181 Å². The predicted molar refractivity (Wildman–Crippen MR) is 124 cm³/mol. The molecule has 4 rings (SSSR count). The second-order valence-electron chi connectivity index (χ2n) is 7.51. The van der Waals surface area contributed by atoms with Gasteiger partial charge in [-0.15, -0.1) is 0 Å². The minimum atomic E-state index is 0.239. The lowest BCUT2D eigenvalue weighted by Gasteiger charge is -2.35. The van der Waals surface area contributed by atoms with E-state index in [-0.39, 0.29) is 6.61 Å². The molecule has 1 aliphatic heterocycles. The summed E-state index contributed by atoms with van der Waals surface area (Å²) in [4.78, 5) is 17.7. The van der Waals surface area contributed by atoms with E-state index in [1.54, 1.807) is 25.8 Å². The molecule has 0 unspecified atom stereocenters. The molecule has 0 aliphatic carbocycles. The fourth-order valence-electron chi connectivity index (χ4n) is 3.89. The van der Waals surface area contributed by atoms with E-state index in [0.717, 1.165) is 78.4 Å². The SMILES string of the molecule is CN=CC(=CN)c1ccc2[nH]nc(-c3cc(N4CCN(CCCO)CC4)ncn3)c2c1. The van der Waals surface area contributed by atoms with Crippen molar-refractivity contribution >= 4 is 28.5 Å². The molecule has 3 heterocycles. The van der Waals surface area contributed by atoms with E-state index in [2.05, 4.69) is 41.0 Å². The average molecular weight is 421 g/mol. The first-order valence-corrected chi connectivity index (χ1v) is 10.5. The first-order chi connectivity index (χ1) is 15.2. The van der Waals surface area contributed by atoms with Gasteiger partial charge in [0.2, 0.25) is 0 Å². The lowest BCUT2D eigenvalue weighted by molar-refractivity contribution is 0.215. The summed E-state index contributed by atoms with van der Waals surface area (Å²) in [6, 6.07) is 8.03. The molecule has 0 bridgehead atoms. The fourth-order valence-corrected chi connectivity index (χ4v) is 3.89. The zero-order valence-electron chi connectivity index (χ0n) is 17.7. The summed E-state index contributed by atoms with van der Waals surface area (Å²) in [5.41, 5.74) is 10.1. The summed E-state index contributed by atoms with van der Waals surface area (Å²) in [6.45, 7) is 4.89. The van der Waals surface area contributed by atoms with Gasteiger partial charge >= 0.3 is 0 Å². The third-order valence-corrected chi connectivity index (χ3v) is 5.57. The summed E-state index contributed by atoms with van der Waals surface area (Å²) >= 11 is 0. The maximum Gasteiger partial charge on any atom is 0.132 e. The van der Waals surface area contributed by atoms with Gasteiger partial charge in [0.05, 0.1) is 11.2 Å². The van der Waals surface area contributed by atoms with Gasteiger partial charge in [-0.2, -0.15) is 5.10 Å². The third-order valence-electron chi connectivity index (χ3n) is 5.57. The second kappa shape index (κ2) is 9.67. The Hall–Kier alpha value is -3.30. The predicted octanol–water partition coefficient (Wildman–Crippen LogP) is 1.52. The lowest BCUT2D eigenvalue weighted by Crippen LogP contribution is -2.47. The van der Waals surface area contributed by atoms with Crippen LogP contribution < -0.4 is 10.6 Å². The van der Waals surface area contributed by atoms with Crippen molar-refractivity contribution in [3.63, 3.8) is 0 Å². The molecule has 4 N–H and O–H groups in total. The van der Waals surface area contributed by atoms with Gasteiger partial charge in [-0.05, 0) is 24.1 Å². The van der Waals surface area contributed by atoms with Crippen molar-refractivity contribution < 1.29 is 5.11 Å². The fraction of sp³-hybridized carbons (Fsp3) is 0.364. The van der Waals surface area contributed by atoms with Crippen molar-refractivity contribution in [1.29, 1.82) is 0 Å². The van der Waals surface area contributed by atoms with Crippen molar-refractivity contribution in [2.45, 2.75) is 6.42 Å². The first kappa shape index (κ1) is 21.0. The maximum atomic E-state index is 9.03. The number of H-pyrrole nitrogens is 1. The molecule has 0 amide bonds. The van der Waals surface area contributed by atoms with E-state index >= 15 is 0 Å². The normalized spacial score (nSPS) is 15.9. The highest BCUT2D eigenvalue weighted by atomic mass is 16.3. The zero-order valence-corrected chi connectivity index (χ0v) is 17.7. The molecule has 1 aromatic carbocycles. The molecule has 31 heavy (non-hydrogen) atoms. The molecule has 0 spiro atoms. The Bertz CT molecular complexity index is 1080. The Morgan fingerprint density at radius 2 is 2.06 bits per heavy atom. The molecule has 9 nitrogen and oxygen atoms in total. The summed E-state index contributed by atoms with van der Waals surface area (Å²) in [5, 5.41) is 17.6. The average Bonchev–Trinajstić information content (AvgIpc) is 3.25. The van der Waals surface area contributed by atoms with Crippen LogP contribution in [0.3, 0.4) is 0 Å². The number of rotatable bonds is 7. The first-order valence-electron chi connectivity index (χ1n) is 10.5. The number of aromatic amines is 1. The van der Waals surface area contributed by atoms with Crippen LogP contribution in [0.1, 0.15) is 12.0 Å². The zero-order chi connectivity index (χ0) is 21.6. The molecule has 0 radical (unpaired) electrons. The summed E-state index contributed by atoms with van der Waals surface area (Å²) in [5.74, 6) is 0.903. The van der Waals surface area contributed by atoms with Gasteiger partial charge in [-0.1, -0.05) is 6.07 Å². The number of fused-ring (bicyclic) bond motifs is 1. The van der Waals surface area contributed by atoms with Gasteiger partial charge in [-0.3, -0.25) is 15.0 Å². The minimum absolute atomic E-state index is 0.239. The molecular formula is C22H28N8O. The van der Waals surface area contributed by atoms with E-state index in [1.165, 1.54) is 0 Å². The van der Waals surface area contributed by atoms with Crippen LogP contribution in [0.5, 0.6) is 0 Å². The van der Waals surface area contributed by atoms with Crippen LogP contribution >= 0.6 is 0 Å². The Morgan fingerprint density at radius 1 is 1.23 bits per heavy atom. The number of nitrogens with two attached hydrogens (primary N) is 1. The van der Waals surface area contributed by atoms with Crippen LogP contribution in [-0.2, 0) is 0 Å². The van der Waals surface area contributed by atoms with Crippen molar-refractivity contribution in [2.24, 2.45) is 10.7 Å². The van der Waals surface area contributed by atoms with Crippen LogP contribution in [-0.4, -0.2) is 82.8 Å². The number of hydrogen-bond donors (Lipinski definition) is 3. The Balaban J connectivity index is 1.59. The van der Waals surface area contributed by atoms with Crippen LogP contribution in [0.15, 0.2) is 41.8 Å². The standard InChI is InChI=1S/C22H28N8O/c1-24-14-17(13-23)16-3-4-19-18(11-16)22(28-27-19)20-12-21(26-15-25-20)30-8-6-29(7-9-30)5-2-10-31/h3-4,11-15,31H,2,5-10,23H2,1H3,(H,27,28). The van der Waals surface area contributed by atoms with Gasteiger partial charge in [0.1, 0.15) is 17.8 Å². The molecule has 162 valence electrons. The number of nitrogens with zero attached hydrogens (tertiary/aromatic N) is 6. The number of benzene rings is 1. The van der Waals surface area contributed by atoms with E-state index in [9.17, 15) is 0 Å². The number of allylic oxidation sites excluding steroid dienone is 1. The number of piperazine rings is 1. The van der Waals surface area contributed by atoms with Crippen LogP contribution in [0.25, 0.3) is 27.9 Å². The highest BCUT2D eigenvalue weighted by Gasteiger charge is 2.19. The highest BCUT2D eigenvalue weighted by Crippen LogP contribution is 2.29. The van der Waals surface area contributed by atoms with Crippen molar-refractivity contribution in [2.75, 3.05) is 51.3 Å². The van der Waals surface area contributed by atoms with Crippen molar-refractivity contribution in [3.8, 4) is 11.4 Å². The molecule has 2 aromatic heterocycles. The molecule has 0 atom stereocenters. The quantitative estimate of drug-likeness (QED) is 0.496. The van der Waals surface area contributed by atoms with Crippen LogP contribution in [0.4, 0.5) is 5.82 Å². The summed E-state index contributed by atoms with van der Waals surface area (Å²) in [7, 11) is 1.72. The number of aliphatic imine (C=N–C) groups is 1. The molecule has 0 saturated carbocycles. The summed E-state index contributed by atoms with van der Waals surface area (Å²) in [6.07, 6.45) is 5.71.